The lowest BCUT2D eigenvalue weighted by atomic mass is 9.56. The van der Waals surface area contributed by atoms with E-state index in [1.807, 2.05) is 0 Å². The first-order valence-corrected chi connectivity index (χ1v) is 14.6. The standard InChI is InChI=1S/C28H24BBrCl2N2O8/c1-33-25(38)27(31)11-17-15(21(28(27,32)26(33)39)12-8-18(30)22(35)19(9-12)42-2)6-7-16-20(17)24(37)34(23(16)36)14-5-3-4-13(10-14)29(40)41/h3-6,8-10,16-17,20-21,35,40-41H,7,11H2,1-2H3. The molecule has 0 bridgehead atoms. The molecule has 1 saturated carbocycles. The number of carbonyl (C=O) groups is 4. The molecule has 2 aliphatic heterocycles. The number of ether oxygens (including phenoxy) is 1. The second-order valence-corrected chi connectivity index (χ2v) is 13.1. The van der Waals surface area contributed by atoms with Crippen LogP contribution >= 0.6 is 39.1 Å². The van der Waals surface area contributed by atoms with Crippen molar-refractivity contribution in [2.45, 2.75) is 28.5 Å². The smallest absolute Gasteiger partial charge is 0.488 e. The van der Waals surface area contributed by atoms with Crippen LogP contribution in [0.1, 0.15) is 24.3 Å². The van der Waals surface area contributed by atoms with E-state index in [-0.39, 0.29) is 40.0 Å². The summed E-state index contributed by atoms with van der Waals surface area (Å²) in [6, 6.07) is 8.93. The van der Waals surface area contributed by atoms with E-state index >= 15 is 0 Å². The fourth-order valence-electron chi connectivity index (χ4n) is 7.11. The van der Waals surface area contributed by atoms with Gasteiger partial charge in [0.25, 0.3) is 11.8 Å². The molecule has 14 heteroatoms. The highest BCUT2D eigenvalue weighted by atomic mass is 79.9. The van der Waals surface area contributed by atoms with Gasteiger partial charge in [-0.25, -0.2) is 0 Å². The SMILES string of the molecule is COc1cc(C2C3=CCC4C(=O)N(c5cccc(B(O)O)c5)C(=O)C4C3CC3(Cl)C(=O)N(C)C(=O)C23Cl)cc(Br)c1O. The first kappa shape index (κ1) is 29.2. The molecule has 6 unspecified atom stereocenters. The zero-order chi connectivity index (χ0) is 30.5. The summed E-state index contributed by atoms with van der Waals surface area (Å²) in [6.07, 6.45) is 1.78. The normalized spacial score (nSPS) is 32.0. The number of carbonyl (C=O) groups excluding carboxylic acids is 4. The van der Waals surface area contributed by atoms with Gasteiger partial charge in [-0.2, -0.15) is 0 Å². The molecule has 6 rings (SSSR count). The molecule has 0 spiro atoms. The van der Waals surface area contributed by atoms with E-state index in [0.29, 0.717) is 11.1 Å². The molecular weight excluding hydrogens is 654 g/mol. The van der Waals surface area contributed by atoms with Crippen LogP contribution in [0, 0.1) is 17.8 Å². The van der Waals surface area contributed by atoms with Gasteiger partial charge in [-0.15, -0.1) is 23.2 Å². The van der Waals surface area contributed by atoms with Crippen molar-refractivity contribution in [2.75, 3.05) is 19.1 Å². The summed E-state index contributed by atoms with van der Waals surface area (Å²) in [5.74, 6) is -5.95. The Hall–Kier alpha value is -2.90. The number of aromatic hydroxyl groups is 1. The Bertz CT molecular complexity index is 1620. The van der Waals surface area contributed by atoms with Gasteiger partial charge in [-0.05, 0) is 70.0 Å². The van der Waals surface area contributed by atoms with Crippen molar-refractivity contribution in [3.8, 4) is 11.5 Å². The van der Waals surface area contributed by atoms with Crippen molar-refractivity contribution in [3.05, 3.63) is 58.1 Å². The molecule has 2 aliphatic carbocycles. The zero-order valence-electron chi connectivity index (χ0n) is 22.3. The lowest BCUT2D eigenvalue weighted by Gasteiger charge is -2.50. The van der Waals surface area contributed by atoms with Gasteiger partial charge in [-0.3, -0.25) is 29.0 Å². The van der Waals surface area contributed by atoms with Crippen LogP contribution in [0.15, 0.2) is 52.5 Å². The third-order valence-electron chi connectivity index (χ3n) is 9.04. The van der Waals surface area contributed by atoms with E-state index < -0.39 is 64.2 Å². The fraction of sp³-hybridized carbons (Fsp3) is 0.357. The fourth-order valence-corrected chi connectivity index (χ4v) is 8.59. The second kappa shape index (κ2) is 9.82. The lowest BCUT2D eigenvalue weighted by molar-refractivity contribution is -0.138. The summed E-state index contributed by atoms with van der Waals surface area (Å²) in [4.78, 5) is 53.0. The molecule has 2 saturated heterocycles. The number of allylic oxidation sites excluding steroid dienone is 2. The van der Waals surface area contributed by atoms with Crippen LogP contribution < -0.4 is 15.1 Å². The van der Waals surface area contributed by atoms with E-state index in [9.17, 15) is 34.3 Å². The van der Waals surface area contributed by atoms with E-state index in [1.165, 1.54) is 44.5 Å². The highest BCUT2D eigenvalue weighted by molar-refractivity contribution is 9.10. The summed E-state index contributed by atoms with van der Waals surface area (Å²) >= 11 is 17.7. The number of alkyl halides is 2. The number of imide groups is 2. The van der Waals surface area contributed by atoms with Gasteiger partial charge in [-0.1, -0.05) is 23.8 Å². The molecule has 2 heterocycles. The maximum Gasteiger partial charge on any atom is 0.488 e. The third kappa shape index (κ3) is 3.71. The van der Waals surface area contributed by atoms with Crippen molar-refractivity contribution < 1.29 is 39.1 Å². The molecular formula is C28H24BBrCl2N2O8. The molecule has 0 radical (unpaired) electrons. The van der Waals surface area contributed by atoms with Gasteiger partial charge in [0.2, 0.25) is 11.8 Å². The number of likely N-dealkylation sites (tertiary alicyclic amines) is 1. The number of amides is 4. The molecule has 42 heavy (non-hydrogen) atoms. The zero-order valence-corrected chi connectivity index (χ0v) is 25.4. The first-order chi connectivity index (χ1) is 19.8. The Kier molecular flexibility index (Phi) is 6.82. The number of hydrogen-bond acceptors (Lipinski definition) is 8. The van der Waals surface area contributed by atoms with Crippen LogP contribution in [0.2, 0.25) is 0 Å². The Morgan fingerprint density at radius 1 is 1.05 bits per heavy atom. The van der Waals surface area contributed by atoms with E-state index in [0.717, 1.165) is 9.80 Å². The van der Waals surface area contributed by atoms with Gasteiger partial charge >= 0.3 is 7.12 Å². The number of phenolic OH excluding ortho intramolecular Hbond substituents is 1. The first-order valence-electron chi connectivity index (χ1n) is 13.1. The number of phenols is 1. The number of fused-ring (bicyclic) bond motifs is 4. The minimum atomic E-state index is -1.98. The average Bonchev–Trinajstić information content (AvgIpc) is 3.29. The van der Waals surface area contributed by atoms with Crippen molar-refractivity contribution in [1.82, 2.24) is 4.90 Å². The average molecular weight is 678 g/mol. The number of anilines is 1. The van der Waals surface area contributed by atoms with Crippen molar-refractivity contribution in [2.24, 2.45) is 17.8 Å². The Morgan fingerprint density at radius 2 is 1.76 bits per heavy atom. The van der Waals surface area contributed by atoms with E-state index in [2.05, 4.69) is 15.9 Å². The van der Waals surface area contributed by atoms with Crippen LogP contribution in [0.3, 0.4) is 0 Å². The minimum Gasteiger partial charge on any atom is -0.503 e. The van der Waals surface area contributed by atoms with Gasteiger partial charge in [0.15, 0.2) is 21.2 Å². The number of nitrogens with zero attached hydrogens (tertiary/aromatic N) is 2. The molecule has 10 nitrogen and oxygen atoms in total. The van der Waals surface area contributed by atoms with Gasteiger partial charge in [0, 0.05) is 13.0 Å². The van der Waals surface area contributed by atoms with E-state index in [1.54, 1.807) is 12.1 Å². The predicted octanol–water partition coefficient (Wildman–Crippen LogP) is 2.04. The highest BCUT2D eigenvalue weighted by Crippen LogP contribution is 2.65. The number of rotatable bonds is 4. The predicted molar refractivity (Wildman–Crippen MR) is 157 cm³/mol. The molecule has 3 N–H and O–H groups in total. The van der Waals surface area contributed by atoms with Gasteiger partial charge in [0.05, 0.1) is 29.1 Å². The van der Waals surface area contributed by atoms with Crippen LogP contribution in [0.4, 0.5) is 5.69 Å². The van der Waals surface area contributed by atoms with Crippen LogP contribution in [0.25, 0.3) is 0 Å². The molecule has 4 aliphatic rings. The maximum absolute atomic E-state index is 14.1. The van der Waals surface area contributed by atoms with Gasteiger partial charge < -0.3 is 19.9 Å². The van der Waals surface area contributed by atoms with Crippen molar-refractivity contribution in [1.29, 1.82) is 0 Å². The number of methoxy groups -OCH3 is 1. The van der Waals surface area contributed by atoms with Crippen LogP contribution in [0.5, 0.6) is 11.5 Å². The molecule has 2 aromatic rings. The van der Waals surface area contributed by atoms with Gasteiger partial charge in [0.1, 0.15) is 0 Å². The van der Waals surface area contributed by atoms with Crippen molar-refractivity contribution >= 4 is 81.0 Å². The molecule has 3 fully saturated rings. The van der Waals surface area contributed by atoms with Crippen LogP contribution in [-0.4, -0.2) is 74.7 Å². The topological polar surface area (TPSA) is 145 Å². The number of hydrogen-bond donors (Lipinski definition) is 3. The number of benzene rings is 2. The molecule has 4 amide bonds. The molecule has 6 atom stereocenters. The minimum absolute atomic E-state index is 0.0885. The largest absolute Gasteiger partial charge is 0.503 e. The third-order valence-corrected chi connectivity index (χ3v) is 11.1. The summed E-state index contributed by atoms with van der Waals surface area (Å²) in [5, 5.41) is 29.8. The summed E-state index contributed by atoms with van der Waals surface area (Å²) < 4.78 is 5.60. The summed E-state index contributed by atoms with van der Waals surface area (Å²) in [5.41, 5.74) is 1.29. The summed E-state index contributed by atoms with van der Waals surface area (Å²) in [6.45, 7) is 0. The monoisotopic (exact) mass is 676 g/mol. The molecule has 0 aromatic heterocycles. The lowest BCUT2D eigenvalue weighted by Crippen LogP contribution is -2.60. The quantitative estimate of drug-likeness (QED) is 0.193. The maximum atomic E-state index is 14.1. The second-order valence-electron chi connectivity index (χ2n) is 11.0. The Morgan fingerprint density at radius 3 is 2.43 bits per heavy atom. The number of halogens is 3. The summed E-state index contributed by atoms with van der Waals surface area (Å²) in [7, 11) is 0.865. The molecule has 2 aromatic carbocycles. The van der Waals surface area contributed by atoms with E-state index in [4.69, 9.17) is 27.9 Å². The molecule has 218 valence electrons. The highest BCUT2D eigenvalue weighted by Gasteiger charge is 2.76. The Labute approximate surface area is 259 Å². The van der Waals surface area contributed by atoms with Crippen LogP contribution in [-0.2, 0) is 19.2 Å². The Balaban J connectivity index is 1.52. The van der Waals surface area contributed by atoms with Crippen molar-refractivity contribution in [3.63, 3.8) is 0 Å².